The number of nitrogens with zero attached hydrogens (tertiary/aromatic N) is 1. The van der Waals surface area contributed by atoms with Crippen LogP contribution in [0.3, 0.4) is 0 Å². The number of fused-ring (bicyclic) bond motifs is 1. The molecule has 0 radical (unpaired) electrons. The predicted octanol–water partition coefficient (Wildman–Crippen LogP) is 5.14. The first-order valence-electron chi connectivity index (χ1n) is 10.7. The van der Waals surface area contributed by atoms with E-state index < -0.39 is 18.5 Å². The molecule has 0 bridgehead atoms. The highest BCUT2D eigenvalue weighted by Crippen LogP contribution is 2.32. The molecular formula is C24H22BrClN2O5. The molecule has 1 heterocycles. The first-order chi connectivity index (χ1) is 15.8. The molecule has 7 nitrogen and oxygen atoms in total. The van der Waals surface area contributed by atoms with Crippen LogP contribution >= 0.6 is 27.5 Å². The van der Waals surface area contributed by atoms with Crippen LogP contribution in [0.1, 0.15) is 68.7 Å². The van der Waals surface area contributed by atoms with Crippen molar-refractivity contribution >= 4 is 56.9 Å². The average Bonchev–Trinajstić information content (AvgIpc) is 3.07. The van der Waals surface area contributed by atoms with Crippen LogP contribution < -0.4 is 5.32 Å². The van der Waals surface area contributed by atoms with Gasteiger partial charge in [0.25, 0.3) is 17.7 Å². The molecule has 1 aliphatic carbocycles. The summed E-state index contributed by atoms with van der Waals surface area (Å²) in [6.45, 7) is 1.25. The van der Waals surface area contributed by atoms with Crippen LogP contribution in [-0.4, -0.2) is 41.2 Å². The first kappa shape index (κ1) is 23.4. The summed E-state index contributed by atoms with van der Waals surface area (Å²) in [5.74, 6) is -1.97. The number of hydrogen-bond donors (Lipinski definition) is 1. The van der Waals surface area contributed by atoms with Crippen molar-refractivity contribution in [3.05, 3.63) is 62.1 Å². The van der Waals surface area contributed by atoms with Crippen LogP contribution in [0.25, 0.3) is 0 Å². The minimum absolute atomic E-state index is 0.0965. The highest BCUT2D eigenvalue weighted by Gasteiger charge is 2.40. The SMILES string of the molecule is Cc1c(NC(=O)COC(=O)c2ccc3c(c2)C(=O)N(C2CCCCC2)C3=O)ccc(Br)c1Cl. The van der Waals surface area contributed by atoms with Gasteiger partial charge >= 0.3 is 5.97 Å². The number of nitrogens with one attached hydrogen (secondary N) is 1. The van der Waals surface area contributed by atoms with Crippen molar-refractivity contribution in [2.75, 3.05) is 11.9 Å². The third-order valence-corrected chi connectivity index (χ3v) is 7.42. The number of carbonyl (C=O) groups is 4. The lowest BCUT2D eigenvalue weighted by Gasteiger charge is -2.29. The molecule has 1 saturated carbocycles. The lowest BCUT2D eigenvalue weighted by atomic mass is 9.94. The van der Waals surface area contributed by atoms with Gasteiger partial charge in [-0.15, -0.1) is 0 Å². The molecule has 2 aromatic carbocycles. The molecule has 1 aliphatic heterocycles. The molecule has 2 aliphatic rings. The largest absolute Gasteiger partial charge is 0.452 e. The van der Waals surface area contributed by atoms with Crippen LogP contribution in [0.15, 0.2) is 34.8 Å². The third-order valence-electron chi connectivity index (χ3n) is 6.04. The molecule has 1 fully saturated rings. The summed E-state index contributed by atoms with van der Waals surface area (Å²) in [6, 6.07) is 7.58. The Balaban J connectivity index is 1.41. The van der Waals surface area contributed by atoms with Crippen molar-refractivity contribution in [2.24, 2.45) is 0 Å². The fraction of sp³-hybridized carbons (Fsp3) is 0.333. The quantitative estimate of drug-likeness (QED) is 0.425. The maximum atomic E-state index is 12.9. The van der Waals surface area contributed by atoms with Crippen LogP contribution in [-0.2, 0) is 9.53 Å². The number of ether oxygens (including phenoxy) is 1. The lowest BCUT2D eigenvalue weighted by Crippen LogP contribution is -2.40. The zero-order chi connectivity index (χ0) is 23.7. The number of rotatable bonds is 5. The number of halogens is 2. The molecule has 0 unspecified atom stereocenters. The standard InChI is InChI=1S/C24H22BrClN2O5/c1-13-19(10-9-18(25)21(13)26)27-20(29)12-33-24(32)14-7-8-16-17(11-14)23(31)28(22(16)30)15-5-3-2-4-6-15/h7-11,15H,2-6,12H2,1H3,(H,27,29). The summed E-state index contributed by atoms with van der Waals surface area (Å²) < 4.78 is 5.82. The van der Waals surface area contributed by atoms with Gasteiger partial charge in [-0.25, -0.2) is 4.79 Å². The maximum absolute atomic E-state index is 12.9. The Kier molecular flexibility index (Phi) is 6.86. The van der Waals surface area contributed by atoms with Crippen molar-refractivity contribution in [1.29, 1.82) is 0 Å². The van der Waals surface area contributed by atoms with Crippen molar-refractivity contribution < 1.29 is 23.9 Å². The Hall–Kier alpha value is -2.71. The zero-order valence-electron chi connectivity index (χ0n) is 18.0. The van der Waals surface area contributed by atoms with Gasteiger partial charge in [-0.3, -0.25) is 19.3 Å². The first-order valence-corrected chi connectivity index (χ1v) is 11.9. The number of hydrogen-bond acceptors (Lipinski definition) is 5. The Morgan fingerprint density at radius 3 is 2.52 bits per heavy atom. The summed E-state index contributed by atoms with van der Waals surface area (Å²) in [5.41, 5.74) is 1.78. The van der Waals surface area contributed by atoms with E-state index in [2.05, 4.69) is 21.2 Å². The van der Waals surface area contributed by atoms with Crippen LogP contribution in [0.4, 0.5) is 5.69 Å². The fourth-order valence-electron chi connectivity index (χ4n) is 4.25. The van der Waals surface area contributed by atoms with Crippen molar-refractivity contribution in [1.82, 2.24) is 4.90 Å². The molecule has 4 rings (SSSR count). The topological polar surface area (TPSA) is 92.8 Å². The summed E-state index contributed by atoms with van der Waals surface area (Å²) in [4.78, 5) is 51.8. The molecule has 1 N–H and O–H groups in total. The average molecular weight is 534 g/mol. The Morgan fingerprint density at radius 2 is 1.79 bits per heavy atom. The number of carbonyl (C=O) groups excluding carboxylic acids is 4. The van der Waals surface area contributed by atoms with E-state index in [4.69, 9.17) is 16.3 Å². The van der Waals surface area contributed by atoms with Gasteiger partial charge in [-0.1, -0.05) is 30.9 Å². The molecular weight excluding hydrogens is 512 g/mol. The highest BCUT2D eigenvalue weighted by atomic mass is 79.9. The molecule has 0 spiro atoms. The van der Waals surface area contributed by atoms with Crippen molar-refractivity contribution in [3.63, 3.8) is 0 Å². The number of benzene rings is 2. The summed E-state index contributed by atoms with van der Waals surface area (Å²) in [5, 5.41) is 3.13. The Bertz CT molecular complexity index is 1160. The third kappa shape index (κ3) is 4.68. The Labute approximate surface area is 204 Å². The van der Waals surface area contributed by atoms with Crippen molar-refractivity contribution in [2.45, 2.75) is 45.1 Å². The van der Waals surface area contributed by atoms with Crippen LogP contribution in [0, 0.1) is 6.92 Å². The zero-order valence-corrected chi connectivity index (χ0v) is 20.3. The molecule has 172 valence electrons. The van der Waals surface area contributed by atoms with E-state index in [1.165, 1.54) is 23.1 Å². The molecule has 3 amide bonds. The highest BCUT2D eigenvalue weighted by molar-refractivity contribution is 9.10. The molecule has 2 aromatic rings. The van der Waals surface area contributed by atoms with Gasteiger partial charge in [0.15, 0.2) is 6.61 Å². The molecule has 0 atom stereocenters. The molecule has 0 aromatic heterocycles. The van der Waals surface area contributed by atoms with Gasteiger partial charge in [0.05, 0.1) is 21.7 Å². The second-order valence-electron chi connectivity index (χ2n) is 8.19. The number of esters is 1. The summed E-state index contributed by atoms with van der Waals surface area (Å²) in [7, 11) is 0. The normalized spacial score (nSPS) is 16.0. The van der Waals surface area contributed by atoms with Gasteiger partial charge in [-0.05, 0) is 71.6 Å². The predicted molar refractivity (Wildman–Crippen MR) is 127 cm³/mol. The van der Waals surface area contributed by atoms with Gasteiger partial charge in [0, 0.05) is 16.2 Å². The van der Waals surface area contributed by atoms with Gasteiger partial charge < -0.3 is 10.1 Å². The molecule has 0 saturated heterocycles. The Morgan fingerprint density at radius 1 is 1.09 bits per heavy atom. The van der Waals surface area contributed by atoms with E-state index in [1.807, 2.05) is 0 Å². The van der Waals surface area contributed by atoms with E-state index in [0.717, 1.165) is 32.1 Å². The number of anilines is 1. The smallest absolute Gasteiger partial charge is 0.338 e. The number of amides is 3. The van der Waals surface area contributed by atoms with E-state index >= 15 is 0 Å². The number of imide groups is 1. The second kappa shape index (κ2) is 9.65. The van der Waals surface area contributed by atoms with Gasteiger partial charge in [0.1, 0.15) is 0 Å². The minimum atomic E-state index is -0.755. The summed E-state index contributed by atoms with van der Waals surface area (Å²) >= 11 is 9.48. The van der Waals surface area contributed by atoms with Crippen molar-refractivity contribution in [3.8, 4) is 0 Å². The molecule has 9 heteroatoms. The lowest BCUT2D eigenvalue weighted by molar-refractivity contribution is -0.119. The van der Waals surface area contributed by atoms with Crippen LogP contribution in [0.2, 0.25) is 5.02 Å². The molecule has 33 heavy (non-hydrogen) atoms. The van der Waals surface area contributed by atoms with Crippen LogP contribution in [0.5, 0.6) is 0 Å². The minimum Gasteiger partial charge on any atom is -0.452 e. The van der Waals surface area contributed by atoms with E-state index in [0.29, 0.717) is 26.3 Å². The maximum Gasteiger partial charge on any atom is 0.338 e. The second-order valence-corrected chi connectivity index (χ2v) is 9.42. The van der Waals surface area contributed by atoms with E-state index in [9.17, 15) is 19.2 Å². The monoisotopic (exact) mass is 532 g/mol. The van der Waals surface area contributed by atoms with E-state index in [1.54, 1.807) is 19.1 Å². The van der Waals surface area contributed by atoms with E-state index in [-0.39, 0.29) is 29.0 Å². The summed E-state index contributed by atoms with van der Waals surface area (Å²) in [6.07, 6.45) is 4.70. The van der Waals surface area contributed by atoms with Gasteiger partial charge in [0.2, 0.25) is 0 Å². The van der Waals surface area contributed by atoms with Gasteiger partial charge in [-0.2, -0.15) is 0 Å². The fourth-order valence-corrected chi connectivity index (χ4v) is 4.84.